The molecule has 2 atom stereocenters. The highest BCUT2D eigenvalue weighted by Crippen LogP contribution is 2.13. The Balaban J connectivity index is 2.37. The highest BCUT2D eigenvalue weighted by atomic mass is 79.9. The summed E-state index contributed by atoms with van der Waals surface area (Å²) in [5.74, 6) is -0.958. The molecule has 0 fully saturated rings. The van der Waals surface area contributed by atoms with Crippen molar-refractivity contribution in [1.82, 2.24) is 0 Å². The van der Waals surface area contributed by atoms with Crippen molar-refractivity contribution in [2.75, 3.05) is 5.33 Å². The van der Waals surface area contributed by atoms with E-state index in [0.29, 0.717) is 19.4 Å². The van der Waals surface area contributed by atoms with Gasteiger partial charge in [0.2, 0.25) is 0 Å². The van der Waals surface area contributed by atoms with Crippen LogP contribution in [0.25, 0.3) is 0 Å². The van der Waals surface area contributed by atoms with Gasteiger partial charge in [-0.3, -0.25) is 4.79 Å². The molecule has 1 aromatic carbocycles. The van der Waals surface area contributed by atoms with Crippen LogP contribution in [-0.4, -0.2) is 28.6 Å². The zero-order valence-corrected chi connectivity index (χ0v) is 12.4. The summed E-state index contributed by atoms with van der Waals surface area (Å²) in [6.07, 6.45) is 1.97. The van der Waals surface area contributed by atoms with E-state index in [0.717, 1.165) is 17.3 Å². The quantitative estimate of drug-likeness (QED) is 0.683. The fourth-order valence-electron chi connectivity index (χ4n) is 1.71. The van der Waals surface area contributed by atoms with Gasteiger partial charge in [0, 0.05) is 5.33 Å². The van der Waals surface area contributed by atoms with Gasteiger partial charge in [0.25, 0.3) is 0 Å². The van der Waals surface area contributed by atoms with Crippen molar-refractivity contribution in [1.29, 1.82) is 0 Å². The van der Waals surface area contributed by atoms with Gasteiger partial charge in [-0.1, -0.05) is 46.3 Å². The summed E-state index contributed by atoms with van der Waals surface area (Å²) in [6, 6.07) is 9.11. The lowest BCUT2D eigenvalue weighted by atomic mass is 10.1. The molecule has 0 aromatic heterocycles. The molecule has 0 radical (unpaired) electrons. The van der Waals surface area contributed by atoms with Crippen LogP contribution in [0.4, 0.5) is 0 Å². The second kappa shape index (κ2) is 9.07. The average molecular weight is 330 g/mol. The van der Waals surface area contributed by atoms with Crippen molar-refractivity contribution < 1.29 is 14.6 Å². The third-order valence-corrected chi connectivity index (χ3v) is 3.33. The molecule has 0 amide bonds. The first-order valence-corrected chi connectivity index (χ1v) is 7.45. The molecule has 5 heteroatoms. The van der Waals surface area contributed by atoms with Gasteiger partial charge in [-0.05, 0) is 24.8 Å². The first-order chi connectivity index (χ1) is 9.13. The number of carboxylic acids is 1. The second-order valence-corrected chi connectivity index (χ2v) is 5.21. The summed E-state index contributed by atoms with van der Waals surface area (Å²) in [7, 11) is 0. The van der Waals surface area contributed by atoms with E-state index >= 15 is 0 Å². The molecule has 1 aromatic rings. The highest BCUT2D eigenvalue weighted by Gasteiger charge is 2.15. The fraction of sp³-hybridized carbons (Fsp3) is 0.500. The van der Waals surface area contributed by atoms with Crippen molar-refractivity contribution >= 4 is 21.9 Å². The Bertz CT molecular complexity index is 372. The van der Waals surface area contributed by atoms with Crippen LogP contribution in [0, 0.1) is 0 Å². The van der Waals surface area contributed by atoms with E-state index in [-0.39, 0.29) is 6.10 Å². The van der Waals surface area contributed by atoms with E-state index in [2.05, 4.69) is 15.9 Å². The Morgan fingerprint density at radius 3 is 2.53 bits per heavy atom. The normalized spacial score (nSPS) is 14.0. The molecule has 0 heterocycles. The summed E-state index contributed by atoms with van der Waals surface area (Å²) in [5, 5.41) is 9.59. The number of benzene rings is 1. The largest absolute Gasteiger partial charge is 0.480 e. The topological polar surface area (TPSA) is 72.5 Å². The van der Waals surface area contributed by atoms with Crippen LogP contribution >= 0.6 is 15.9 Å². The second-order valence-electron chi connectivity index (χ2n) is 4.42. The highest BCUT2D eigenvalue weighted by molar-refractivity contribution is 9.09. The molecule has 3 N–H and O–H groups in total. The monoisotopic (exact) mass is 329 g/mol. The Labute approximate surface area is 122 Å². The standard InChI is InChI=1S/C14H20BrNO3/c15-9-8-12(6-7-13(16)14(17)18)19-10-11-4-2-1-3-5-11/h1-5,12-13H,6-10,16H2,(H,17,18). The number of alkyl halides is 1. The van der Waals surface area contributed by atoms with E-state index in [9.17, 15) is 4.79 Å². The third-order valence-electron chi connectivity index (χ3n) is 2.88. The number of aliphatic carboxylic acids is 1. The molecule has 0 aliphatic heterocycles. The lowest BCUT2D eigenvalue weighted by Crippen LogP contribution is -2.31. The van der Waals surface area contributed by atoms with Gasteiger partial charge in [-0.2, -0.15) is 0 Å². The van der Waals surface area contributed by atoms with E-state index in [1.807, 2.05) is 30.3 Å². The van der Waals surface area contributed by atoms with Gasteiger partial charge in [0.05, 0.1) is 12.7 Å². The van der Waals surface area contributed by atoms with Crippen LogP contribution in [0.5, 0.6) is 0 Å². The van der Waals surface area contributed by atoms with Crippen molar-refractivity contribution in [2.24, 2.45) is 5.73 Å². The van der Waals surface area contributed by atoms with Crippen LogP contribution < -0.4 is 5.73 Å². The minimum absolute atomic E-state index is 0.0324. The lowest BCUT2D eigenvalue weighted by Gasteiger charge is -2.18. The Morgan fingerprint density at radius 2 is 1.95 bits per heavy atom. The molecule has 4 nitrogen and oxygen atoms in total. The van der Waals surface area contributed by atoms with E-state index in [1.165, 1.54) is 0 Å². The molecule has 0 aliphatic carbocycles. The van der Waals surface area contributed by atoms with Gasteiger partial charge in [-0.15, -0.1) is 0 Å². The van der Waals surface area contributed by atoms with E-state index in [1.54, 1.807) is 0 Å². The molecule has 0 bridgehead atoms. The fourth-order valence-corrected chi connectivity index (χ4v) is 2.22. The maximum atomic E-state index is 10.7. The van der Waals surface area contributed by atoms with Crippen LogP contribution in [0.1, 0.15) is 24.8 Å². The minimum atomic E-state index is -0.958. The van der Waals surface area contributed by atoms with Gasteiger partial charge in [-0.25, -0.2) is 0 Å². The first kappa shape index (κ1) is 16.1. The van der Waals surface area contributed by atoms with Crippen LogP contribution in [0.2, 0.25) is 0 Å². The SMILES string of the molecule is NC(CCC(CCBr)OCc1ccccc1)C(=O)O. The average Bonchev–Trinajstić information content (AvgIpc) is 2.42. The third kappa shape index (κ3) is 6.71. The zero-order valence-electron chi connectivity index (χ0n) is 10.8. The van der Waals surface area contributed by atoms with Gasteiger partial charge in [0.15, 0.2) is 0 Å². The number of carbonyl (C=O) groups is 1. The summed E-state index contributed by atoms with van der Waals surface area (Å²) in [4.78, 5) is 10.7. The Kier molecular flexibility index (Phi) is 7.70. The molecule has 0 saturated carbocycles. The maximum Gasteiger partial charge on any atom is 0.320 e. The summed E-state index contributed by atoms with van der Waals surface area (Å²) >= 11 is 3.38. The summed E-state index contributed by atoms with van der Waals surface area (Å²) < 4.78 is 5.82. The number of hydrogen-bond acceptors (Lipinski definition) is 3. The van der Waals surface area contributed by atoms with Crippen molar-refractivity contribution in [3.63, 3.8) is 0 Å². The molecular formula is C14H20BrNO3. The Morgan fingerprint density at radius 1 is 1.26 bits per heavy atom. The van der Waals surface area contributed by atoms with Crippen LogP contribution in [-0.2, 0) is 16.1 Å². The first-order valence-electron chi connectivity index (χ1n) is 6.33. The molecule has 0 saturated heterocycles. The van der Waals surface area contributed by atoms with Gasteiger partial charge < -0.3 is 15.6 Å². The molecular weight excluding hydrogens is 310 g/mol. The van der Waals surface area contributed by atoms with Crippen molar-refractivity contribution in [3.8, 4) is 0 Å². The molecule has 1 rings (SSSR count). The molecule has 2 unspecified atom stereocenters. The van der Waals surface area contributed by atoms with Crippen molar-refractivity contribution in [2.45, 2.75) is 38.0 Å². The zero-order chi connectivity index (χ0) is 14.1. The molecule has 0 aliphatic rings. The lowest BCUT2D eigenvalue weighted by molar-refractivity contribution is -0.138. The molecule has 106 valence electrons. The van der Waals surface area contributed by atoms with E-state index < -0.39 is 12.0 Å². The predicted molar refractivity (Wildman–Crippen MR) is 78.3 cm³/mol. The number of carboxylic acid groups (broad SMARTS) is 1. The smallest absolute Gasteiger partial charge is 0.320 e. The maximum absolute atomic E-state index is 10.7. The van der Waals surface area contributed by atoms with Crippen molar-refractivity contribution in [3.05, 3.63) is 35.9 Å². The minimum Gasteiger partial charge on any atom is -0.480 e. The van der Waals surface area contributed by atoms with Gasteiger partial charge >= 0.3 is 5.97 Å². The molecule has 0 spiro atoms. The molecule has 19 heavy (non-hydrogen) atoms. The van der Waals surface area contributed by atoms with Crippen LogP contribution in [0.15, 0.2) is 30.3 Å². The van der Waals surface area contributed by atoms with Gasteiger partial charge in [0.1, 0.15) is 6.04 Å². The van der Waals surface area contributed by atoms with Crippen LogP contribution in [0.3, 0.4) is 0 Å². The number of rotatable bonds is 9. The number of ether oxygens (including phenoxy) is 1. The summed E-state index contributed by atoms with van der Waals surface area (Å²) in [5.41, 5.74) is 6.62. The number of nitrogens with two attached hydrogens (primary N) is 1. The predicted octanol–water partition coefficient (Wildman–Crippen LogP) is 2.55. The Hall–Kier alpha value is -0.910. The number of hydrogen-bond donors (Lipinski definition) is 2. The van der Waals surface area contributed by atoms with E-state index in [4.69, 9.17) is 15.6 Å². The summed E-state index contributed by atoms with van der Waals surface area (Å²) in [6.45, 7) is 0.542. The number of halogens is 1.